The summed E-state index contributed by atoms with van der Waals surface area (Å²) >= 11 is 6.37. The Labute approximate surface area is 215 Å². The zero-order chi connectivity index (χ0) is 25.7. The zero-order valence-electron chi connectivity index (χ0n) is 20.5. The molecule has 0 unspecified atom stereocenters. The molecule has 0 aliphatic heterocycles. The summed E-state index contributed by atoms with van der Waals surface area (Å²) in [6, 6.07) is 23.0. The third-order valence-electron chi connectivity index (χ3n) is 5.80. The summed E-state index contributed by atoms with van der Waals surface area (Å²) in [4.78, 5) is 17.3. The molecule has 0 radical (unpaired) electrons. The van der Waals surface area contributed by atoms with E-state index < -0.39 is 0 Å². The van der Waals surface area contributed by atoms with Crippen LogP contribution in [0.4, 0.5) is 10.2 Å². The molecule has 0 fully saturated rings. The Morgan fingerprint density at radius 2 is 1.67 bits per heavy atom. The van der Waals surface area contributed by atoms with Crippen LogP contribution in [0, 0.1) is 5.82 Å². The smallest absolute Gasteiger partial charge is 0.255 e. The van der Waals surface area contributed by atoms with Crippen molar-refractivity contribution in [2.45, 2.75) is 6.54 Å². The van der Waals surface area contributed by atoms with E-state index in [9.17, 15) is 9.18 Å². The number of anilines is 1. The van der Waals surface area contributed by atoms with Gasteiger partial charge in [-0.15, -0.1) is 0 Å². The lowest BCUT2D eigenvalue weighted by atomic mass is 10.1. The Balaban J connectivity index is 1.87. The van der Waals surface area contributed by atoms with Gasteiger partial charge in [0.25, 0.3) is 5.91 Å². The van der Waals surface area contributed by atoms with E-state index in [1.165, 1.54) is 12.1 Å². The van der Waals surface area contributed by atoms with Crippen LogP contribution in [0.15, 0.2) is 78.9 Å². The van der Waals surface area contributed by atoms with Gasteiger partial charge in [0.05, 0.1) is 35.1 Å². The molecule has 0 aliphatic rings. The van der Waals surface area contributed by atoms with Crippen molar-refractivity contribution >= 4 is 23.3 Å². The topological polar surface area (TPSA) is 50.6 Å². The molecule has 0 saturated heterocycles. The van der Waals surface area contributed by atoms with Gasteiger partial charge in [-0.2, -0.15) is 5.10 Å². The van der Waals surface area contributed by atoms with Gasteiger partial charge in [0, 0.05) is 38.9 Å². The van der Waals surface area contributed by atoms with Crippen LogP contribution in [0.3, 0.4) is 0 Å². The Hall–Kier alpha value is -3.68. The highest BCUT2D eigenvalue weighted by Crippen LogP contribution is 2.34. The second-order valence-electron chi connectivity index (χ2n) is 8.50. The van der Waals surface area contributed by atoms with E-state index in [-0.39, 0.29) is 18.3 Å². The van der Waals surface area contributed by atoms with Crippen LogP contribution in [0.2, 0.25) is 5.02 Å². The first-order valence-corrected chi connectivity index (χ1v) is 11.9. The van der Waals surface area contributed by atoms with Crippen LogP contribution >= 0.6 is 11.6 Å². The van der Waals surface area contributed by atoms with Crippen LogP contribution in [-0.4, -0.2) is 54.9 Å². The van der Waals surface area contributed by atoms with Gasteiger partial charge in [-0.3, -0.25) is 4.79 Å². The Morgan fingerprint density at radius 1 is 1.00 bits per heavy atom. The number of carbonyl (C=O) groups is 1. The molecule has 186 valence electrons. The Kier molecular flexibility index (Phi) is 8.03. The van der Waals surface area contributed by atoms with Gasteiger partial charge in [-0.1, -0.05) is 54.1 Å². The lowest BCUT2D eigenvalue weighted by Crippen LogP contribution is -2.34. The number of carbonyl (C=O) groups excluding carboxylic acids is 1. The van der Waals surface area contributed by atoms with Crippen molar-refractivity contribution in [2.75, 3.05) is 39.3 Å². The van der Waals surface area contributed by atoms with Gasteiger partial charge in [-0.05, 0) is 36.4 Å². The van der Waals surface area contributed by atoms with Gasteiger partial charge in [0.15, 0.2) is 0 Å². The first kappa shape index (κ1) is 25.4. The second kappa shape index (κ2) is 11.4. The summed E-state index contributed by atoms with van der Waals surface area (Å²) in [6.45, 7) is 0.996. The fourth-order valence-electron chi connectivity index (χ4n) is 4.09. The fourth-order valence-corrected chi connectivity index (χ4v) is 4.30. The Bertz CT molecular complexity index is 1320. The molecule has 1 amide bonds. The largest absolute Gasteiger partial charge is 0.383 e. The van der Waals surface area contributed by atoms with E-state index in [0.717, 1.165) is 22.6 Å². The number of hydrogen-bond acceptors (Lipinski definition) is 4. The van der Waals surface area contributed by atoms with Crippen LogP contribution in [0.5, 0.6) is 0 Å². The van der Waals surface area contributed by atoms with Gasteiger partial charge >= 0.3 is 0 Å². The molecule has 0 bridgehead atoms. The molecule has 0 atom stereocenters. The molecule has 0 saturated carbocycles. The summed E-state index contributed by atoms with van der Waals surface area (Å²) in [6.07, 6.45) is 0. The molecule has 8 heteroatoms. The van der Waals surface area contributed by atoms with Crippen molar-refractivity contribution in [3.05, 3.63) is 101 Å². The monoisotopic (exact) mass is 506 g/mol. The maximum atomic E-state index is 13.7. The second-order valence-corrected chi connectivity index (χ2v) is 8.91. The predicted octanol–water partition coefficient (Wildman–Crippen LogP) is 5.69. The third-order valence-corrected chi connectivity index (χ3v) is 6.13. The lowest BCUT2D eigenvalue weighted by molar-refractivity contribution is 0.0681. The normalized spacial score (nSPS) is 10.9. The van der Waals surface area contributed by atoms with Crippen molar-refractivity contribution in [3.63, 3.8) is 0 Å². The average Bonchev–Trinajstić information content (AvgIpc) is 3.26. The average molecular weight is 507 g/mol. The van der Waals surface area contributed by atoms with Crippen LogP contribution in [0.1, 0.15) is 15.9 Å². The highest BCUT2D eigenvalue weighted by Gasteiger charge is 2.26. The molecule has 3 aromatic carbocycles. The fraction of sp³-hybridized carbons (Fsp3) is 0.214. The molecule has 36 heavy (non-hydrogen) atoms. The molecular weight excluding hydrogens is 479 g/mol. The summed E-state index contributed by atoms with van der Waals surface area (Å²) in [5.41, 5.74) is 3.64. The molecule has 0 aliphatic carbocycles. The molecule has 0 spiro atoms. The first-order chi connectivity index (χ1) is 17.4. The van der Waals surface area contributed by atoms with Gasteiger partial charge < -0.3 is 14.5 Å². The van der Waals surface area contributed by atoms with Gasteiger partial charge in [-0.25, -0.2) is 9.07 Å². The summed E-state index contributed by atoms with van der Waals surface area (Å²) in [5.74, 6) is 0.266. The number of hydrogen-bond donors (Lipinski definition) is 0. The van der Waals surface area contributed by atoms with Gasteiger partial charge in [0.2, 0.25) is 0 Å². The molecule has 1 aromatic heterocycles. The maximum absolute atomic E-state index is 13.7. The molecule has 6 nitrogen and oxygen atoms in total. The van der Waals surface area contributed by atoms with Crippen molar-refractivity contribution in [3.8, 4) is 16.9 Å². The molecule has 1 heterocycles. The number of ether oxygens (including phenoxy) is 1. The van der Waals surface area contributed by atoms with E-state index in [2.05, 4.69) is 0 Å². The number of aromatic nitrogens is 2. The van der Waals surface area contributed by atoms with E-state index in [4.69, 9.17) is 21.4 Å². The van der Waals surface area contributed by atoms with Crippen molar-refractivity contribution < 1.29 is 13.9 Å². The molecule has 4 rings (SSSR count). The van der Waals surface area contributed by atoms with E-state index >= 15 is 0 Å². The summed E-state index contributed by atoms with van der Waals surface area (Å²) in [7, 11) is 5.45. The molecule has 4 aromatic rings. The van der Waals surface area contributed by atoms with E-state index in [1.54, 1.807) is 53.1 Å². The molecule has 0 N–H and O–H groups in total. The van der Waals surface area contributed by atoms with Crippen molar-refractivity contribution in [1.82, 2.24) is 14.7 Å². The maximum Gasteiger partial charge on any atom is 0.255 e. The number of nitrogens with zero attached hydrogens (tertiary/aromatic N) is 4. The highest BCUT2D eigenvalue weighted by atomic mass is 35.5. The number of rotatable bonds is 9. The summed E-state index contributed by atoms with van der Waals surface area (Å²) < 4.78 is 20.8. The van der Waals surface area contributed by atoms with Crippen LogP contribution < -0.4 is 4.90 Å². The lowest BCUT2D eigenvalue weighted by Gasteiger charge is -2.25. The van der Waals surface area contributed by atoms with E-state index in [0.29, 0.717) is 29.4 Å². The predicted molar refractivity (Wildman–Crippen MR) is 141 cm³/mol. The SMILES string of the molecule is COCCN(Cc1c(-c2ccccc2)nn(-c2ccc(F)cc2)c1N(C)C)C(=O)c1ccccc1Cl. The number of methoxy groups -OCH3 is 1. The first-order valence-electron chi connectivity index (χ1n) is 11.5. The highest BCUT2D eigenvalue weighted by molar-refractivity contribution is 6.33. The minimum absolute atomic E-state index is 0.198. The zero-order valence-corrected chi connectivity index (χ0v) is 21.2. The van der Waals surface area contributed by atoms with Crippen LogP contribution in [0.25, 0.3) is 16.9 Å². The van der Waals surface area contributed by atoms with Crippen molar-refractivity contribution in [1.29, 1.82) is 0 Å². The minimum Gasteiger partial charge on any atom is -0.383 e. The van der Waals surface area contributed by atoms with Gasteiger partial charge in [0.1, 0.15) is 11.6 Å². The minimum atomic E-state index is -0.322. The number of halogens is 2. The molecular formula is C28H28ClFN4O2. The quantitative estimate of drug-likeness (QED) is 0.293. The Morgan fingerprint density at radius 3 is 2.31 bits per heavy atom. The number of benzene rings is 3. The van der Waals surface area contributed by atoms with Crippen molar-refractivity contribution in [2.24, 2.45) is 0 Å². The third kappa shape index (κ3) is 5.42. The van der Waals surface area contributed by atoms with Crippen LogP contribution in [-0.2, 0) is 11.3 Å². The standard InChI is InChI=1S/C28H28ClFN4O2/c1-32(2)27-24(19-33(17-18-36-3)28(35)23-11-7-8-12-25(23)29)26(20-9-5-4-6-10-20)31-34(27)22-15-13-21(30)14-16-22/h4-16H,17-19H2,1-3H3. The summed E-state index contributed by atoms with van der Waals surface area (Å²) in [5, 5.41) is 5.33. The van der Waals surface area contributed by atoms with E-state index in [1.807, 2.05) is 49.3 Å². The number of amides is 1.